The maximum atomic E-state index is 13.9. The van der Waals surface area contributed by atoms with Gasteiger partial charge in [-0.25, -0.2) is 13.5 Å². The van der Waals surface area contributed by atoms with Crippen LogP contribution in [0.25, 0.3) is 21.8 Å². The summed E-state index contributed by atoms with van der Waals surface area (Å²) in [6, 6.07) is 15.0. The Kier molecular flexibility index (Phi) is 6.93. The molecule has 42 heavy (non-hydrogen) atoms. The average Bonchev–Trinajstić information content (AvgIpc) is 3.64. The van der Waals surface area contributed by atoms with Gasteiger partial charge in [0.1, 0.15) is 17.3 Å². The first-order valence-corrected chi connectivity index (χ1v) is 14.0. The number of aromatic nitrogens is 5. The van der Waals surface area contributed by atoms with E-state index in [0.717, 1.165) is 16.5 Å². The van der Waals surface area contributed by atoms with Gasteiger partial charge in [0.25, 0.3) is 6.43 Å². The summed E-state index contributed by atoms with van der Waals surface area (Å²) >= 11 is 6.74. The second-order valence-electron chi connectivity index (χ2n) is 12.0. The lowest BCUT2D eigenvalue weighted by molar-refractivity contribution is 0.0593. The molecule has 1 saturated carbocycles. The summed E-state index contributed by atoms with van der Waals surface area (Å²) in [5.41, 5.74) is 2.98. The predicted octanol–water partition coefficient (Wildman–Crippen LogP) is 7.31. The lowest BCUT2D eigenvalue weighted by Crippen LogP contribution is -2.26. The molecule has 11 heteroatoms. The van der Waals surface area contributed by atoms with Crippen molar-refractivity contribution in [2.75, 3.05) is 17.2 Å². The Morgan fingerprint density at radius 3 is 2.67 bits per heavy atom. The van der Waals surface area contributed by atoms with Crippen molar-refractivity contribution in [2.45, 2.75) is 51.6 Å². The molecule has 8 nitrogen and oxygen atoms in total. The molecule has 1 atom stereocenters. The van der Waals surface area contributed by atoms with Gasteiger partial charge in [0.05, 0.1) is 39.5 Å². The molecule has 1 aliphatic rings. The van der Waals surface area contributed by atoms with Gasteiger partial charge in [0, 0.05) is 35.4 Å². The van der Waals surface area contributed by atoms with Crippen LogP contribution in [0.3, 0.4) is 0 Å². The van der Waals surface area contributed by atoms with E-state index >= 15 is 0 Å². The molecule has 1 fully saturated rings. The van der Waals surface area contributed by atoms with Crippen LogP contribution >= 0.6 is 11.6 Å². The third-order valence-corrected chi connectivity index (χ3v) is 7.83. The summed E-state index contributed by atoms with van der Waals surface area (Å²) in [7, 11) is 0. The van der Waals surface area contributed by atoms with E-state index in [1.165, 1.54) is 10.9 Å². The summed E-state index contributed by atoms with van der Waals surface area (Å²) < 4.78 is 29.1. The second kappa shape index (κ2) is 10.5. The van der Waals surface area contributed by atoms with Crippen LogP contribution in [-0.4, -0.2) is 37.9 Å². The van der Waals surface area contributed by atoms with Gasteiger partial charge in [-0.05, 0) is 48.1 Å². The van der Waals surface area contributed by atoms with Crippen LogP contribution in [0.1, 0.15) is 56.5 Å². The predicted molar refractivity (Wildman–Crippen MR) is 160 cm³/mol. The minimum absolute atomic E-state index is 0.0415. The fraction of sp³-hybridized carbons (Fsp3) is 0.323. The highest BCUT2D eigenvalue weighted by Gasteiger charge is 2.54. The van der Waals surface area contributed by atoms with Crippen molar-refractivity contribution in [3.05, 3.63) is 82.9 Å². The van der Waals surface area contributed by atoms with Crippen LogP contribution in [0.15, 0.2) is 61.1 Å². The topological polar surface area (TPSA) is 104 Å². The van der Waals surface area contributed by atoms with Crippen molar-refractivity contribution in [2.24, 2.45) is 5.41 Å². The molecule has 0 radical (unpaired) electrons. The first-order valence-electron chi connectivity index (χ1n) is 13.7. The van der Waals surface area contributed by atoms with Gasteiger partial charge >= 0.3 is 0 Å². The van der Waals surface area contributed by atoms with E-state index < -0.39 is 18.0 Å². The highest BCUT2D eigenvalue weighted by molar-refractivity contribution is 6.35. The number of rotatable bonds is 8. The van der Waals surface area contributed by atoms with Crippen molar-refractivity contribution in [1.29, 1.82) is 5.26 Å². The Labute approximate surface area is 246 Å². The Morgan fingerprint density at radius 2 is 1.95 bits per heavy atom. The molecule has 3 aromatic heterocycles. The zero-order chi connectivity index (χ0) is 29.6. The van der Waals surface area contributed by atoms with E-state index in [2.05, 4.69) is 57.8 Å². The number of nitrogens with one attached hydrogen (secondary N) is 2. The third kappa shape index (κ3) is 5.21. The first kappa shape index (κ1) is 27.8. The van der Waals surface area contributed by atoms with Crippen molar-refractivity contribution < 1.29 is 8.78 Å². The normalized spacial score (nSPS) is 15.1. The van der Waals surface area contributed by atoms with Crippen molar-refractivity contribution in [1.82, 2.24) is 25.0 Å². The lowest BCUT2D eigenvalue weighted by Gasteiger charge is -2.22. The van der Waals surface area contributed by atoms with Crippen LogP contribution in [0.2, 0.25) is 5.02 Å². The summed E-state index contributed by atoms with van der Waals surface area (Å²) in [5.74, 6) is 0. The Morgan fingerprint density at radius 1 is 1.14 bits per heavy atom. The van der Waals surface area contributed by atoms with Gasteiger partial charge in [-0.1, -0.05) is 55.8 Å². The molecule has 0 aliphatic heterocycles. The molecule has 0 unspecified atom stereocenters. The number of benzene rings is 2. The molecule has 0 spiro atoms. The van der Waals surface area contributed by atoms with Crippen LogP contribution in [0.5, 0.6) is 0 Å². The summed E-state index contributed by atoms with van der Waals surface area (Å²) in [4.78, 5) is 8.95. The van der Waals surface area contributed by atoms with Gasteiger partial charge in [0.2, 0.25) is 0 Å². The molecule has 0 bridgehead atoms. The van der Waals surface area contributed by atoms with Crippen LogP contribution in [0, 0.1) is 16.7 Å². The van der Waals surface area contributed by atoms with E-state index in [-0.39, 0.29) is 5.41 Å². The van der Waals surface area contributed by atoms with Crippen molar-refractivity contribution in [3.8, 4) is 6.07 Å². The van der Waals surface area contributed by atoms with Crippen molar-refractivity contribution in [3.63, 3.8) is 0 Å². The van der Waals surface area contributed by atoms with E-state index in [0.29, 0.717) is 57.9 Å². The molecule has 214 valence electrons. The average molecular weight is 587 g/mol. The van der Waals surface area contributed by atoms with Gasteiger partial charge in [-0.15, -0.1) is 5.10 Å². The van der Waals surface area contributed by atoms with E-state index in [1.807, 2.05) is 36.4 Å². The number of anilines is 2. The first-order chi connectivity index (χ1) is 20.1. The molecule has 0 amide bonds. The number of fused-ring (bicyclic) bond motifs is 2. The molecule has 2 N–H and O–H groups in total. The zero-order valence-corrected chi connectivity index (χ0v) is 24.1. The fourth-order valence-corrected chi connectivity index (χ4v) is 5.30. The van der Waals surface area contributed by atoms with Crippen molar-refractivity contribution >= 4 is 44.8 Å². The van der Waals surface area contributed by atoms with Crippen LogP contribution < -0.4 is 10.6 Å². The quantitative estimate of drug-likeness (QED) is 0.196. The van der Waals surface area contributed by atoms with Crippen LogP contribution in [0.4, 0.5) is 20.2 Å². The zero-order valence-electron chi connectivity index (χ0n) is 23.4. The molecule has 1 aliphatic carbocycles. The Bertz CT molecular complexity index is 1840. The lowest BCUT2D eigenvalue weighted by atomic mass is 9.96. The number of nitriles is 1. The number of alkyl halides is 2. The van der Waals surface area contributed by atoms with Gasteiger partial charge < -0.3 is 10.6 Å². The molecule has 6 rings (SSSR count). The highest BCUT2D eigenvalue weighted by Crippen LogP contribution is 2.48. The largest absolute Gasteiger partial charge is 0.383 e. The minimum atomic E-state index is -2.54. The third-order valence-electron chi connectivity index (χ3n) is 7.55. The number of nitrogens with zero attached hydrogens (tertiary/aromatic N) is 6. The second-order valence-corrected chi connectivity index (χ2v) is 12.4. The van der Waals surface area contributed by atoms with Gasteiger partial charge in [-0.2, -0.15) is 5.26 Å². The SMILES string of the molecule is CC(C)(C)CNc1c(C#N)cnc2c(Cl)cc(N[C@@H](c3ccc4cccnc4c3)c3cn(C4(C(F)F)CC4)nn3)cc12. The Hall–Kier alpha value is -4.36. The Balaban J connectivity index is 1.45. The number of hydrogen-bond acceptors (Lipinski definition) is 7. The molecule has 3 heterocycles. The molecular weight excluding hydrogens is 558 g/mol. The minimum Gasteiger partial charge on any atom is -0.383 e. The van der Waals surface area contributed by atoms with Crippen LogP contribution in [-0.2, 0) is 5.54 Å². The fourth-order valence-electron chi connectivity index (χ4n) is 5.03. The molecule has 0 saturated heterocycles. The summed E-state index contributed by atoms with van der Waals surface area (Å²) in [5, 5.41) is 27.3. The number of halogens is 3. The highest BCUT2D eigenvalue weighted by atomic mass is 35.5. The van der Waals surface area contributed by atoms with E-state index in [1.54, 1.807) is 18.5 Å². The number of hydrogen-bond donors (Lipinski definition) is 2. The van der Waals surface area contributed by atoms with Gasteiger partial charge in [-0.3, -0.25) is 9.97 Å². The summed E-state index contributed by atoms with van der Waals surface area (Å²) in [6.07, 6.45) is 3.00. The van der Waals surface area contributed by atoms with Gasteiger partial charge in [0.15, 0.2) is 0 Å². The smallest absolute Gasteiger partial charge is 0.263 e. The molecule has 5 aromatic rings. The maximum absolute atomic E-state index is 13.9. The van der Waals surface area contributed by atoms with E-state index in [4.69, 9.17) is 11.6 Å². The summed E-state index contributed by atoms with van der Waals surface area (Å²) in [6.45, 7) is 6.93. The molecule has 2 aromatic carbocycles. The molecular formula is C31H29ClF2N8. The maximum Gasteiger partial charge on any atom is 0.263 e. The monoisotopic (exact) mass is 586 g/mol. The number of pyridine rings is 2. The standard InChI is InChI=1S/C31H29ClF2N8/c1-30(2,3)17-38-26-20(14-35)15-37-28-22(26)12-21(13-23(28)32)39-27(19-7-6-18-5-4-10-36-24(18)11-19)25-16-42(41-40-25)31(8-9-31)29(33)34/h4-7,10-13,15-16,27,29,39H,8-9,17H2,1-3H3,(H,37,38)/t27-/m0/s1. The van der Waals surface area contributed by atoms with E-state index in [9.17, 15) is 14.0 Å².